The number of aromatic nitrogens is 2. The van der Waals surface area contributed by atoms with E-state index < -0.39 is 0 Å². The van der Waals surface area contributed by atoms with Gasteiger partial charge in [-0.2, -0.15) is 0 Å². The van der Waals surface area contributed by atoms with Crippen LogP contribution in [0, 0.1) is 2.88 Å². The number of ketones is 1. The lowest BCUT2D eigenvalue weighted by molar-refractivity contribution is 0.0992. The van der Waals surface area contributed by atoms with Crippen molar-refractivity contribution in [2.75, 3.05) is 0 Å². The first-order valence-corrected chi connectivity index (χ1v) is 7.74. The van der Waals surface area contributed by atoms with Crippen molar-refractivity contribution in [1.29, 1.82) is 0 Å². The first kappa shape index (κ1) is 11.4. The fraction of sp³-hybridized carbons (Fsp3) is 0.0909. The van der Waals surface area contributed by atoms with Crippen LogP contribution >= 0.6 is 45.3 Å². The number of halogens is 1. The average molecular weight is 374 g/mol. The summed E-state index contributed by atoms with van der Waals surface area (Å²) in [5.74, 6) is 0.134. The highest BCUT2D eigenvalue weighted by atomic mass is 127. The van der Waals surface area contributed by atoms with Gasteiger partial charge in [0.15, 0.2) is 10.7 Å². The third-order valence-corrected chi connectivity index (χ3v) is 4.93. The Bertz CT molecular complexity index is 654. The van der Waals surface area contributed by atoms with Gasteiger partial charge in [-0.25, -0.2) is 4.98 Å². The van der Waals surface area contributed by atoms with E-state index in [0.29, 0.717) is 6.42 Å². The molecule has 0 N–H and O–H groups in total. The van der Waals surface area contributed by atoms with Gasteiger partial charge in [0.05, 0.1) is 15.0 Å². The molecule has 0 radical (unpaired) electrons. The lowest BCUT2D eigenvalue weighted by Crippen LogP contribution is -2.02. The maximum atomic E-state index is 12.0. The molecule has 3 heterocycles. The van der Waals surface area contributed by atoms with Gasteiger partial charge in [0, 0.05) is 28.7 Å². The molecule has 0 unspecified atom stereocenters. The van der Waals surface area contributed by atoms with Crippen LogP contribution in [0.1, 0.15) is 16.1 Å². The van der Waals surface area contributed by atoms with Crippen LogP contribution in [0.15, 0.2) is 29.2 Å². The first-order chi connectivity index (χ1) is 8.22. The summed E-state index contributed by atoms with van der Waals surface area (Å²) in [6.45, 7) is 0. The van der Waals surface area contributed by atoms with E-state index in [4.69, 9.17) is 0 Å². The molecule has 6 heteroatoms. The van der Waals surface area contributed by atoms with Crippen LogP contribution in [0.2, 0.25) is 0 Å². The summed E-state index contributed by atoms with van der Waals surface area (Å²) >= 11 is 5.39. The summed E-state index contributed by atoms with van der Waals surface area (Å²) in [6, 6.07) is 1.92. The fourth-order valence-electron chi connectivity index (χ4n) is 1.58. The van der Waals surface area contributed by atoms with Gasteiger partial charge in [0.25, 0.3) is 0 Å². The topological polar surface area (TPSA) is 34.4 Å². The van der Waals surface area contributed by atoms with E-state index in [-0.39, 0.29) is 5.78 Å². The van der Waals surface area contributed by atoms with Crippen LogP contribution in [0.3, 0.4) is 0 Å². The summed E-state index contributed by atoms with van der Waals surface area (Å²) in [5, 5.41) is 3.89. The van der Waals surface area contributed by atoms with Crippen LogP contribution in [0.4, 0.5) is 0 Å². The van der Waals surface area contributed by atoms with Crippen molar-refractivity contribution in [2.45, 2.75) is 6.42 Å². The van der Waals surface area contributed by atoms with Gasteiger partial charge in [-0.1, -0.05) is 0 Å². The molecule has 0 fully saturated rings. The summed E-state index contributed by atoms with van der Waals surface area (Å²) in [5.41, 5.74) is 1.62. The largest absolute Gasteiger partial charge is 0.297 e. The molecule has 0 aliphatic rings. The Balaban J connectivity index is 1.83. The Hall–Kier alpha value is -0.730. The number of rotatable bonds is 3. The van der Waals surface area contributed by atoms with Crippen molar-refractivity contribution < 1.29 is 4.79 Å². The lowest BCUT2D eigenvalue weighted by Gasteiger charge is -1.93. The van der Waals surface area contributed by atoms with Crippen LogP contribution in [0.25, 0.3) is 4.96 Å². The quantitative estimate of drug-likeness (QED) is 0.520. The van der Waals surface area contributed by atoms with Crippen LogP contribution in [0.5, 0.6) is 0 Å². The maximum absolute atomic E-state index is 12.0. The van der Waals surface area contributed by atoms with E-state index in [1.807, 2.05) is 33.6 Å². The number of Topliss-reactive ketones (excluding diaryl/α,β-unsaturated/α-hetero) is 1. The van der Waals surface area contributed by atoms with E-state index in [9.17, 15) is 4.79 Å². The first-order valence-electron chi connectivity index (χ1n) is 4.91. The number of hydrogen-bond donors (Lipinski definition) is 0. The number of nitrogens with zero attached hydrogens (tertiary/aromatic N) is 2. The maximum Gasteiger partial charge on any atom is 0.193 e. The van der Waals surface area contributed by atoms with Crippen LogP contribution in [-0.2, 0) is 6.42 Å². The molecule has 86 valence electrons. The second-order valence-electron chi connectivity index (χ2n) is 3.56. The number of imidazole rings is 1. The molecule has 3 aromatic heterocycles. The number of carbonyl (C=O) groups is 1. The number of fused-ring (bicyclic) bond motifs is 1. The summed E-state index contributed by atoms with van der Waals surface area (Å²) in [6.07, 6.45) is 4.25. The molecule has 3 rings (SSSR count). The van der Waals surface area contributed by atoms with Gasteiger partial charge >= 0.3 is 0 Å². The standard InChI is InChI=1S/C11H7IN2OS2/c12-10-3-7(6-17-10)9(15)4-8-5-14-1-2-16-11(14)13-8/h1-3,5-6H,4H2. The zero-order chi connectivity index (χ0) is 11.8. The number of thiophene rings is 1. The van der Waals surface area contributed by atoms with Gasteiger partial charge in [-0.3, -0.25) is 9.20 Å². The zero-order valence-corrected chi connectivity index (χ0v) is 12.4. The van der Waals surface area contributed by atoms with E-state index >= 15 is 0 Å². The molecule has 0 bridgehead atoms. The Morgan fingerprint density at radius 1 is 1.47 bits per heavy atom. The Labute approximate surface area is 119 Å². The normalized spacial score (nSPS) is 11.1. The van der Waals surface area contributed by atoms with Crippen molar-refractivity contribution in [1.82, 2.24) is 9.38 Å². The zero-order valence-electron chi connectivity index (χ0n) is 8.59. The van der Waals surface area contributed by atoms with E-state index in [1.54, 1.807) is 22.7 Å². The van der Waals surface area contributed by atoms with Crippen molar-refractivity contribution in [3.05, 3.63) is 43.4 Å². The van der Waals surface area contributed by atoms with Gasteiger partial charge in [0.1, 0.15) is 0 Å². The van der Waals surface area contributed by atoms with E-state index in [0.717, 1.165) is 19.1 Å². The van der Waals surface area contributed by atoms with Crippen LogP contribution in [-0.4, -0.2) is 15.2 Å². The number of carbonyl (C=O) groups excluding carboxylic acids is 1. The molecule has 3 aromatic rings. The smallest absolute Gasteiger partial charge is 0.193 e. The Morgan fingerprint density at radius 3 is 3.06 bits per heavy atom. The minimum atomic E-state index is 0.134. The van der Waals surface area contributed by atoms with Crippen molar-refractivity contribution in [3.63, 3.8) is 0 Å². The Morgan fingerprint density at radius 2 is 2.35 bits per heavy atom. The fourth-order valence-corrected chi connectivity index (χ4v) is 3.65. The van der Waals surface area contributed by atoms with E-state index in [2.05, 4.69) is 27.6 Å². The molecule has 0 atom stereocenters. The molecule has 0 saturated heterocycles. The van der Waals surface area contributed by atoms with Gasteiger partial charge < -0.3 is 0 Å². The summed E-state index contributed by atoms with van der Waals surface area (Å²) in [4.78, 5) is 17.3. The van der Waals surface area contributed by atoms with Crippen molar-refractivity contribution in [2.24, 2.45) is 0 Å². The highest BCUT2D eigenvalue weighted by molar-refractivity contribution is 14.1. The minimum Gasteiger partial charge on any atom is -0.297 e. The summed E-state index contributed by atoms with van der Waals surface area (Å²) < 4.78 is 3.08. The predicted octanol–water partition coefficient (Wildman–Crippen LogP) is 3.49. The third-order valence-electron chi connectivity index (χ3n) is 2.37. The number of thiazole rings is 1. The second-order valence-corrected chi connectivity index (χ2v) is 7.24. The van der Waals surface area contributed by atoms with E-state index in [1.165, 1.54) is 0 Å². The SMILES string of the molecule is O=C(Cc1cn2ccsc2n1)c1csc(I)c1. The molecule has 0 spiro atoms. The highest BCUT2D eigenvalue weighted by Crippen LogP contribution is 2.19. The van der Waals surface area contributed by atoms with Gasteiger partial charge in [-0.15, -0.1) is 22.7 Å². The second kappa shape index (κ2) is 4.51. The summed E-state index contributed by atoms with van der Waals surface area (Å²) in [7, 11) is 0. The molecule has 3 nitrogen and oxygen atoms in total. The van der Waals surface area contributed by atoms with Gasteiger partial charge in [-0.05, 0) is 28.7 Å². The van der Waals surface area contributed by atoms with Crippen molar-refractivity contribution in [3.8, 4) is 0 Å². The molecule has 0 aromatic carbocycles. The Kier molecular flexibility index (Phi) is 3.01. The van der Waals surface area contributed by atoms with Gasteiger partial charge in [0.2, 0.25) is 0 Å². The minimum absolute atomic E-state index is 0.134. The predicted molar refractivity (Wildman–Crippen MR) is 78.1 cm³/mol. The average Bonchev–Trinajstić information content (AvgIpc) is 2.92. The lowest BCUT2D eigenvalue weighted by atomic mass is 10.1. The molecule has 17 heavy (non-hydrogen) atoms. The number of hydrogen-bond acceptors (Lipinski definition) is 4. The third kappa shape index (κ3) is 2.29. The molecule has 0 aliphatic carbocycles. The molecular weight excluding hydrogens is 367 g/mol. The molecule has 0 aliphatic heterocycles. The van der Waals surface area contributed by atoms with Crippen molar-refractivity contribution >= 4 is 56.0 Å². The van der Waals surface area contributed by atoms with Crippen LogP contribution < -0.4 is 0 Å². The molecule has 0 amide bonds. The molecular formula is C11H7IN2OS2. The highest BCUT2D eigenvalue weighted by Gasteiger charge is 2.11. The molecule has 0 saturated carbocycles. The monoisotopic (exact) mass is 374 g/mol.